The van der Waals surface area contributed by atoms with Crippen LogP contribution in [0.4, 0.5) is 10.1 Å². The van der Waals surface area contributed by atoms with Crippen LogP contribution in [0.2, 0.25) is 0 Å². The standard InChI is InChI=1S/C20H17FN2OS/c21-16-8-6-15(7-9-16)14-22-20(25)23-17-10-12-19(13-11-17)24-18-4-2-1-3-5-18/h1-13H,14H2,(H2,22,23,25). The van der Waals surface area contributed by atoms with Crippen LogP contribution in [0.3, 0.4) is 0 Å². The van der Waals surface area contributed by atoms with Crippen LogP contribution in [0.25, 0.3) is 0 Å². The summed E-state index contributed by atoms with van der Waals surface area (Å²) in [4.78, 5) is 0. The van der Waals surface area contributed by atoms with E-state index in [1.165, 1.54) is 12.1 Å². The Morgan fingerprint density at radius 1 is 0.840 bits per heavy atom. The van der Waals surface area contributed by atoms with Gasteiger partial charge in [0.25, 0.3) is 0 Å². The van der Waals surface area contributed by atoms with Gasteiger partial charge < -0.3 is 15.4 Å². The van der Waals surface area contributed by atoms with E-state index in [1.807, 2.05) is 54.6 Å². The molecule has 3 aromatic carbocycles. The Labute approximate surface area is 151 Å². The molecule has 2 N–H and O–H groups in total. The summed E-state index contributed by atoms with van der Waals surface area (Å²) in [5, 5.41) is 6.69. The van der Waals surface area contributed by atoms with Gasteiger partial charge in [0.2, 0.25) is 0 Å². The molecule has 0 radical (unpaired) electrons. The van der Waals surface area contributed by atoms with E-state index in [1.54, 1.807) is 12.1 Å². The van der Waals surface area contributed by atoms with Crippen LogP contribution in [-0.2, 0) is 6.54 Å². The van der Waals surface area contributed by atoms with Gasteiger partial charge in [-0.05, 0) is 66.3 Å². The fourth-order valence-corrected chi connectivity index (χ4v) is 2.38. The predicted octanol–water partition coefficient (Wildman–Crippen LogP) is 5.10. The highest BCUT2D eigenvalue weighted by atomic mass is 32.1. The monoisotopic (exact) mass is 352 g/mol. The quantitative estimate of drug-likeness (QED) is 0.626. The van der Waals surface area contributed by atoms with Crippen molar-refractivity contribution in [1.29, 1.82) is 0 Å². The number of anilines is 1. The average Bonchev–Trinajstić information content (AvgIpc) is 2.64. The third-order valence-corrected chi connectivity index (χ3v) is 3.70. The van der Waals surface area contributed by atoms with Crippen LogP contribution < -0.4 is 15.4 Å². The molecule has 0 aliphatic rings. The van der Waals surface area contributed by atoms with Crippen LogP contribution in [0, 0.1) is 5.82 Å². The van der Waals surface area contributed by atoms with E-state index in [-0.39, 0.29) is 5.82 Å². The molecular weight excluding hydrogens is 335 g/mol. The Morgan fingerprint density at radius 2 is 1.48 bits per heavy atom. The molecule has 0 aliphatic heterocycles. The van der Waals surface area contributed by atoms with Crippen LogP contribution in [0.15, 0.2) is 78.9 Å². The molecule has 0 amide bonds. The number of halogens is 1. The van der Waals surface area contributed by atoms with Crippen LogP contribution >= 0.6 is 12.2 Å². The first kappa shape index (κ1) is 16.9. The lowest BCUT2D eigenvalue weighted by Gasteiger charge is -2.11. The molecule has 0 atom stereocenters. The number of benzene rings is 3. The lowest BCUT2D eigenvalue weighted by atomic mass is 10.2. The third-order valence-electron chi connectivity index (χ3n) is 3.46. The van der Waals surface area contributed by atoms with Crippen molar-refractivity contribution in [2.75, 3.05) is 5.32 Å². The summed E-state index contributed by atoms with van der Waals surface area (Å²) in [5.74, 6) is 1.30. The topological polar surface area (TPSA) is 33.3 Å². The largest absolute Gasteiger partial charge is 0.457 e. The van der Waals surface area contributed by atoms with Crippen molar-refractivity contribution in [2.24, 2.45) is 0 Å². The maximum absolute atomic E-state index is 12.9. The average molecular weight is 352 g/mol. The number of rotatable bonds is 5. The lowest BCUT2D eigenvalue weighted by Crippen LogP contribution is -2.27. The Kier molecular flexibility index (Phi) is 5.59. The van der Waals surface area contributed by atoms with Crippen LogP contribution in [0.5, 0.6) is 11.5 Å². The molecule has 25 heavy (non-hydrogen) atoms. The van der Waals surface area contributed by atoms with E-state index in [2.05, 4.69) is 10.6 Å². The number of para-hydroxylation sites is 1. The molecule has 3 rings (SSSR count). The van der Waals surface area contributed by atoms with Crippen LogP contribution in [0.1, 0.15) is 5.56 Å². The number of hydrogen-bond donors (Lipinski definition) is 2. The fraction of sp³-hybridized carbons (Fsp3) is 0.0500. The maximum Gasteiger partial charge on any atom is 0.171 e. The molecule has 3 nitrogen and oxygen atoms in total. The Hall–Kier alpha value is -2.92. The van der Waals surface area contributed by atoms with Gasteiger partial charge in [0.1, 0.15) is 17.3 Å². The molecule has 0 aliphatic carbocycles. The van der Waals surface area contributed by atoms with E-state index >= 15 is 0 Å². The number of thiocarbonyl (C=S) groups is 1. The molecule has 126 valence electrons. The lowest BCUT2D eigenvalue weighted by molar-refractivity contribution is 0.483. The van der Waals surface area contributed by atoms with Crippen LogP contribution in [-0.4, -0.2) is 5.11 Å². The highest BCUT2D eigenvalue weighted by Crippen LogP contribution is 2.22. The molecule has 5 heteroatoms. The normalized spacial score (nSPS) is 10.1. The van der Waals surface area contributed by atoms with E-state index < -0.39 is 0 Å². The first-order valence-electron chi connectivity index (χ1n) is 7.81. The third kappa shape index (κ3) is 5.29. The Bertz CT molecular complexity index is 821. The second kappa shape index (κ2) is 8.26. The minimum absolute atomic E-state index is 0.248. The zero-order valence-electron chi connectivity index (χ0n) is 13.4. The van der Waals surface area contributed by atoms with Gasteiger partial charge in [0.15, 0.2) is 5.11 Å². The molecule has 0 heterocycles. The van der Waals surface area contributed by atoms with Gasteiger partial charge in [0.05, 0.1) is 0 Å². The zero-order valence-corrected chi connectivity index (χ0v) is 14.2. The number of ether oxygens (including phenoxy) is 1. The minimum Gasteiger partial charge on any atom is -0.457 e. The summed E-state index contributed by atoms with van der Waals surface area (Å²) in [5.41, 5.74) is 1.81. The predicted molar refractivity (Wildman–Crippen MR) is 102 cm³/mol. The summed E-state index contributed by atoms with van der Waals surface area (Å²) in [6.45, 7) is 0.529. The molecule has 3 aromatic rings. The van der Waals surface area contributed by atoms with Gasteiger partial charge in [-0.25, -0.2) is 4.39 Å². The number of nitrogens with one attached hydrogen (secondary N) is 2. The molecule has 0 saturated heterocycles. The minimum atomic E-state index is -0.248. The molecule has 0 saturated carbocycles. The van der Waals surface area contributed by atoms with E-state index in [4.69, 9.17) is 17.0 Å². The summed E-state index contributed by atoms with van der Waals surface area (Å²) in [7, 11) is 0. The van der Waals surface area contributed by atoms with E-state index in [9.17, 15) is 4.39 Å². The second-order valence-electron chi connectivity index (χ2n) is 5.37. The van der Waals surface area contributed by atoms with E-state index in [0.717, 1.165) is 22.7 Å². The van der Waals surface area contributed by atoms with Gasteiger partial charge in [-0.2, -0.15) is 0 Å². The van der Waals surface area contributed by atoms with Crippen molar-refractivity contribution in [1.82, 2.24) is 5.32 Å². The summed E-state index contributed by atoms with van der Waals surface area (Å²) < 4.78 is 18.6. The molecule has 0 bridgehead atoms. The summed E-state index contributed by atoms with van der Waals surface area (Å²) >= 11 is 5.27. The molecule has 0 fully saturated rings. The number of hydrogen-bond acceptors (Lipinski definition) is 2. The van der Waals surface area contributed by atoms with Crippen molar-refractivity contribution in [3.63, 3.8) is 0 Å². The van der Waals surface area contributed by atoms with Crippen molar-refractivity contribution < 1.29 is 9.13 Å². The van der Waals surface area contributed by atoms with Gasteiger partial charge in [0, 0.05) is 12.2 Å². The van der Waals surface area contributed by atoms with Crippen molar-refractivity contribution >= 4 is 23.0 Å². The zero-order chi connectivity index (χ0) is 17.5. The molecule has 0 spiro atoms. The molecule has 0 unspecified atom stereocenters. The SMILES string of the molecule is Fc1ccc(CNC(=S)Nc2ccc(Oc3ccccc3)cc2)cc1. The fourth-order valence-electron chi connectivity index (χ4n) is 2.19. The van der Waals surface area contributed by atoms with Gasteiger partial charge >= 0.3 is 0 Å². The maximum atomic E-state index is 12.9. The van der Waals surface area contributed by atoms with Crippen molar-refractivity contribution in [3.8, 4) is 11.5 Å². The highest BCUT2D eigenvalue weighted by molar-refractivity contribution is 7.80. The smallest absolute Gasteiger partial charge is 0.171 e. The van der Waals surface area contributed by atoms with Gasteiger partial charge in [-0.3, -0.25) is 0 Å². The Morgan fingerprint density at radius 3 is 2.16 bits per heavy atom. The first-order valence-corrected chi connectivity index (χ1v) is 8.22. The highest BCUT2D eigenvalue weighted by Gasteiger charge is 2.01. The van der Waals surface area contributed by atoms with Gasteiger partial charge in [-0.15, -0.1) is 0 Å². The summed E-state index contributed by atoms with van der Waals surface area (Å²) in [6.07, 6.45) is 0. The molecule has 0 aromatic heterocycles. The first-order chi connectivity index (χ1) is 12.2. The van der Waals surface area contributed by atoms with Crippen molar-refractivity contribution in [2.45, 2.75) is 6.54 Å². The molecular formula is C20H17FN2OS. The van der Waals surface area contributed by atoms with Gasteiger partial charge in [-0.1, -0.05) is 30.3 Å². The van der Waals surface area contributed by atoms with E-state index in [0.29, 0.717) is 11.7 Å². The van der Waals surface area contributed by atoms with Crippen molar-refractivity contribution in [3.05, 3.63) is 90.2 Å². The summed E-state index contributed by atoms with van der Waals surface area (Å²) in [6, 6.07) is 23.4. The Balaban J connectivity index is 1.50. The second-order valence-corrected chi connectivity index (χ2v) is 5.78.